The molecule has 0 aliphatic carbocycles. The number of pyridine rings is 1. The Hall–Kier alpha value is -3.16. The molecule has 0 saturated carbocycles. The summed E-state index contributed by atoms with van der Waals surface area (Å²) >= 11 is 6.56. The number of halogens is 1. The fourth-order valence-corrected chi connectivity index (χ4v) is 5.46. The van der Waals surface area contributed by atoms with Gasteiger partial charge in [-0.3, -0.25) is 0 Å². The van der Waals surface area contributed by atoms with Gasteiger partial charge < -0.3 is 4.42 Å². The minimum atomic E-state index is -3.92. The van der Waals surface area contributed by atoms with Crippen molar-refractivity contribution in [2.24, 2.45) is 5.10 Å². The van der Waals surface area contributed by atoms with Crippen molar-refractivity contribution in [2.45, 2.75) is 24.3 Å². The summed E-state index contributed by atoms with van der Waals surface area (Å²) < 4.78 is 33.6. The molecule has 0 N–H and O–H groups in total. The van der Waals surface area contributed by atoms with Crippen molar-refractivity contribution in [3.8, 4) is 0 Å². The predicted octanol–water partition coefficient (Wildman–Crippen LogP) is 5.33. The van der Waals surface area contributed by atoms with E-state index in [-0.39, 0.29) is 10.0 Å². The molecule has 2 aromatic carbocycles. The smallest absolute Gasteiger partial charge is 0.279 e. The number of rotatable bonds is 4. The number of benzene rings is 2. The van der Waals surface area contributed by atoms with Crippen LogP contribution in [-0.2, 0) is 10.0 Å². The lowest BCUT2D eigenvalue weighted by Crippen LogP contribution is -2.27. The quantitative estimate of drug-likeness (QED) is 0.393. The third-order valence-corrected chi connectivity index (χ3v) is 7.28. The van der Waals surface area contributed by atoms with Crippen molar-refractivity contribution >= 4 is 38.2 Å². The molecular weight excluding hydrogens is 434 g/mol. The second kappa shape index (κ2) is 7.51. The summed E-state index contributed by atoms with van der Waals surface area (Å²) in [5.74, 6) is 0.524. The van der Waals surface area contributed by atoms with Gasteiger partial charge in [0.1, 0.15) is 16.6 Å². The minimum absolute atomic E-state index is 0.157. The highest BCUT2D eigenvalue weighted by Gasteiger charge is 2.39. The average Bonchev–Trinajstić information content (AvgIpc) is 3.44. The Morgan fingerprint density at radius 3 is 2.61 bits per heavy atom. The van der Waals surface area contributed by atoms with Crippen molar-refractivity contribution in [1.82, 2.24) is 9.40 Å². The monoisotopic (exact) mass is 451 g/mol. The number of aromatic nitrogens is 1. The zero-order chi connectivity index (χ0) is 21.6. The Balaban J connectivity index is 1.66. The SMILES string of the molecule is Cc1ccc2cc([C@@H]3CC(c4ccco4)=NN3S(=O)(=O)c3ccccc3)c(Cl)nc2c1. The van der Waals surface area contributed by atoms with Gasteiger partial charge in [0.2, 0.25) is 0 Å². The second-order valence-corrected chi connectivity index (χ2v) is 9.55. The number of sulfonamides is 1. The number of hydrogen-bond acceptors (Lipinski definition) is 5. The first-order valence-corrected chi connectivity index (χ1v) is 11.5. The molecule has 0 radical (unpaired) electrons. The standard InChI is InChI=1S/C23H18ClN3O3S/c1-15-9-10-16-13-18(23(24)25-19(16)12-15)21-14-20(22-8-5-11-30-22)26-27(21)31(28,29)17-6-3-2-4-7-17/h2-13,21H,14H2,1H3/t21-/m0/s1. The van der Waals surface area contributed by atoms with Crippen LogP contribution in [0, 0.1) is 6.92 Å². The molecule has 1 aliphatic rings. The molecule has 4 aromatic rings. The third-order valence-electron chi connectivity index (χ3n) is 5.28. The van der Waals surface area contributed by atoms with E-state index in [1.54, 1.807) is 42.5 Å². The van der Waals surface area contributed by atoms with Gasteiger partial charge in [-0.1, -0.05) is 41.9 Å². The molecule has 0 spiro atoms. The van der Waals surface area contributed by atoms with Gasteiger partial charge in [0, 0.05) is 17.4 Å². The maximum atomic E-state index is 13.5. The second-order valence-electron chi connectivity index (χ2n) is 7.40. The van der Waals surface area contributed by atoms with Crippen LogP contribution >= 0.6 is 11.6 Å². The van der Waals surface area contributed by atoms with Gasteiger partial charge >= 0.3 is 0 Å². The predicted molar refractivity (Wildman–Crippen MR) is 120 cm³/mol. The number of aryl methyl sites for hydroxylation is 1. The highest BCUT2D eigenvalue weighted by Crippen LogP contribution is 2.40. The van der Waals surface area contributed by atoms with Crippen molar-refractivity contribution in [3.05, 3.63) is 95.0 Å². The lowest BCUT2D eigenvalue weighted by Gasteiger charge is -2.24. The van der Waals surface area contributed by atoms with Gasteiger partial charge in [-0.15, -0.1) is 0 Å². The summed E-state index contributed by atoms with van der Waals surface area (Å²) in [5, 5.41) is 5.59. The van der Waals surface area contributed by atoms with Gasteiger partial charge in [0.15, 0.2) is 0 Å². The Labute approximate surface area is 184 Å². The molecule has 0 fully saturated rings. The van der Waals surface area contributed by atoms with Crippen LogP contribution < -0.4 is 0 Å². The zero-order valence-electron chi connectivity index (χ0n) is 16.6. The first kappa shape index (κ1) is 19.8. The molecule has 5 rings (SSSR count). The Morgan fingerprint density at radius 1 is 1.06 bits per heavy atom. The molecule has 31 heavy (non-hydrogen) atoms. The maximum absolute atomic E-state index is 13.5. The highest BCUT2D eigenvalue weighted by molar-refractivity contribution is 7.89. The normalized spacial score (nSPS) is 16.6. The molecule has 0 unspecified atom stereocenters. The lowest BCUT2D eigenvalue weighted by atomic mass is 10.0. The summed E-state index contributed by atoms with van der Waals surface area (Å²) in [6.45, 7) is 1.98. The molecule has 1 atom stereocenters. The summed E-state index contributed by atoms with van der Waals surface area (Å²) in [7, 11) is -3.92. The van der Waals surface area contributed by atoms with Gasteiger partial charge in [0.05, 0.1) is 22.7 Å². The molecule has 3 heterocycles. The van der Waals surface area contributed by atoms with Gasteiger partial charge in [0.25, 0.3) is 10.0 Å². The average molecular weight is 452 g/mol. The molecule has 0 amide bonds. The van der Waals surface area contributed by atoms with Crippen LogP contribution in [-0.4, -0.2) is 23.5 Å². The van der Waals surface area contributed by atoms with Crippen LogP contribution in [0.4, 0.5) is 0 Å². The van der Waals surface area contributed by atoms with Crippen LogP contribution in [0.25, 0.3) is 10.9 Å². The number of furan rings is 1. The Morgan fingerprint density at radius 2 is 1.87 bits per heavy atom. The van der Waals surface area contributed by atoms with E-state index in [2.05, 4.69) is 10.1 Å². The molecule has 156 valence electrons. The van der Waals surface area contributed by atoms with Crippen molar-refractivity contribution in [1.29, 1.82) is 0 Å². The molecule has 0 bridgehead atoms. The van der Waals surface area contributed by atoms with E-state index >= 15 is 0 Å². The Bertz CT molecular complexity index is 1400. The molecule has 6 nitrogen and oxygen atoms in total. The van der Waals surface area contributed by atoms with Crippen molar-refractivity contribution < 1.29 is 12.8 Å². The van der Waals surface area contributed by atoms with Crippen molar-refractivity contribution in [3.63, 3.8) is 0 Å². The van der Waals surface area contributed by atoms with Gasteiger partial charge in [-0.05, 0) is 48.9 Å². The zero-order valence-corrected chi connectivity index (χ0v) is 18.1. The number of fused-ring (bicyclic) bond motifs is 1. The summed E-state index contributed by atoms with van der Waals surface area (Å²) in [6.07, 6.45) is 1.85. The van der Waals surface area contributed by atoms with Crippen LogP contribution in [0.5, 0.6) is 0 Å². The van der Waals surface area contributed by atoms with Crippen LogP contribution in [0.2, 0.25) is 5.15 Å². The van der Waals surface area contributed by atoms with E-state index in [0.29, 0.717) is 23.5 Å². The molecular formula is C23H18ClN3O3S. The summed E-state index contributed by atoms with van der Waals surface area (Å²) in [6, 6.07) is 18.9. The highest BCUT2D eigenvalue weighted by atomic mass is 35.5. The molecule has 0 saturated heterocycles. The number of nitrogens with zero attached hydrogens (tertiary/aromatic N) is 3. The summed E-state index contributed by atoms with van der Waals surface area (Å²) in [5.41, 5.74) is 2.97. The largest absolute Gasteiger partial charge is 0.463 e. The van der Waals surface area contributed by atoms with E-state index in [1.807, 2.05) is 31.2 Å². The fraction of sp³-hybridized carbons (Fsp3) is 0.130. The van der Waals surface area contributed by atoms with Gasteiger partial charge in [-0.2, -0.15) is 17.9 Å². The summed E-state index contributed by atoms with van der Waals surface area (Å²) in [4.78, 5) is 4.68. The van der Waals surface area contributed by atoms with E-state index < -0.39 is 16.1 Å². The van der Waals surface area contributed by atoms with E-state index in [9.17, 15) is 8.42 Å². The first-order valence-electron chi connectivity index (χ1n) is 9.71. The topological polar surface area (TPSA) is 75.8 Å². The number of hydrazone groups is 1. The Kier molecular flexibility index (Phi) is 4.79. The van der Waals surface area contributed by atoms with Crippen LogP contribution in [0.15, 0.2) is 87.4 Å². The molecule has 2 aromatic heterocycles. The number of hydrogen-bond donors (Lipinski definition) is 0. The van der Waals surface area contributed by atoms with Gasteiger partial charge in [-0.25, -0.2) is 4.98 Å². The van der Waals surface area contributed by atoms with Crippen LogP contribution in [0.1, 0.15) is 29.3 Å². The third kappa shape index (κ3) is 3.49. The van der Waals surface area contributed by atoms with Crippen LogP contribution in [0.3, 0.4) is 0 Å². The lowest BCUT2D eigenvalue weighted by molar-refractivity contribution is 0.371. The molecule has 8 heteroatoms. The fourth-order valence-electron chi connectivity index (χ4n) is 3.74. The first-order chi connectivity index (χ1) is 14.9. The maximum Gasteiger partial charge on any atom is 0.279 e. The van der Waals surface area contributed by atoms with E-state index in [0.717, 1.165) is 20.9 Å². The minimum Gasteiger partial charge on any atom is -0.463 e. The van der Waals surface area contributed by atoms with Crippen molar-refractivity contribution in [2.75, 3.05) is 0 Å². The molecule has 1 aliphatic heterocycles. The van der Waals surface area contributed by atoms with E-state index in [1.165, 1.54) is 6.26 Å². The van der Waals surface area contributed by atoms with E-state index in [4.69, 9.17) is 16.0 Å².